The number of rotatable bonds is 6. The van der Waals surface area contributed by atoms with Gasteiger partial charge in [0.05, 0.1) is 6.04 Å². The second kappa shape index (κ2) is 6.38. The molecule has 0 aliphatic carbocycles. The molecule has 102 valence electrons. The Bertz CT molecular complexity index is 515. The lowest BCUT2D eigenvalue weighted by atomic mass is 10.2. The number of fused-ring (bicyclic) bond motifs is 1. The minimum Gasteiger partial charge on any atom is -0.459 e. The summed E-state index contributed by atoms with van der Waals surface area (Å²) < 4.78 is 5.73. The average Bonchev–Trinajstić information content (AvgIpc) is 2.83. The number of hydrogen-bond donors (Lipinski definition) is 2. The molecule has 1 aromatic heterocycles. The van der Waals surface area contributed by atoms with Gasteiger partial charge < -0.3 is 15.1 Å². The Morgan fingerprint density at radius 2 is 2.16 bits per heavy atom. The molecule has 4 nitrogen and oxygen atoms in total. The average molecular weight is 260 g/mol. The fourth-order valence-corrected chi connectivity index (χ4v) is 2.03. The molecule has 1 aromatic carbocycles. The van der Waals surface area contributed by atoms with Gasteiger partial charge in [0.2, 0.25) is 5.91 Å². The van der Waals surface area contributed by atoms with Crippen LogP contribution in [0.2, 0.25) is 0 Å². The second-order valence-corrected chi connectivity index (χ2v) is 4.68. The van der Waals surface area contributed by atoms with Crippen LogP contribution in [0.5, 0.6) is 0 Å². The van der Waals surface area contributed by atoms with Gasteiger partial charge in [-0.15, -0.1) is 0 Å². The summed E-state index contributed by atoms with van der Waals surface area (Å²) in [6.45, 7) is 2.79. The molecule has 2 N–H and O–H groups in total. The third-order valence-electron chi connectivity index (χ3n) is 3.08. The number of para-hydroxylation sites is 1. The maximum atomic E-state index is 11.7. The lowest BCUT2D eigenvalue weighted by Gasteiger charge is -2.11. The highest BCUT2D eigenvalue weighted by molar-refractivity contribution is 5.79. The van der Waals surface area contributed by atoms with Gasteiger partial charge in [0, 0.05) is 11.8 Å². The number of furan rings is 1. The van der Waals surface area contributed by atoms with Crippen LogP contribution in [0.25, 0.3) is 11.0 Å². The fourth-order valence-electron chi connectivity index (χ4n) is 2.03. The minimum atomic E-state index is -0.102. The van der Waals surface area contributed by atoms with Crippen LogP contribution in [0.1, 0.15) is 31.6 Å². The summed E-state index contributed by atoms with van der Waals surface area (Å²) in [5.41, 5.74) is 0.855. The molecule has 1 heterocycles. The van der Waals surface area contributed by atoms with E-state index in [4.69, 9.17) is 4.42 Å². The number of nitrogens with one attached hydrogen (secondary N) is 2. The summed E-state index contributed by atoms with van der Waals surface area (Å²) in [7, 11) is 1.88. The monoisotopic (exact) mass is 260 g/mol. The molecule has 1 atom stereocenters. The van der Waals surface area contributed by atoms with E-state index in [2.05, 4.69) is 10.6 Å². The van der Waals surface area contributed by atoms with Crippen molar-refractivity contribution < 1.29 is 9.21 Å². The Morgan fingerprint density at radius 1 is 1.37 bits per heavy atom. The molecule has 0 fully saturated rings. The Hall–Kier alpha value is -1.81. The molecule has 1 amide bonds. The van der Waals surface area contributed by atoms with Gasteiger partial charge in [-0.1, -0.05) is 18.2 Å². The maximum absolute atomic E-state index is 11.7. The molecule has 2 rings (SSSR count). The third-order valence-corrected chi connectivity index (χ3v) is 3.08. The highest BCUT2D eigenvalue weighted by Crippen LogP contribution is 2.23. The van der Waals surface area contributed by atoms with Crippen LogP contribution in [0.4, 0.5) is 0 Å². The number of carbonyl (C=O) groups excluding carboxylic acids is 1. The SMILES string of the molecule is CNCCCC(=O)NC(C)c1cc2ccccc2o1. The molecule has 0 radical (unpaired) electrons. The van der Waals surface area contributed by atoms with Gasteiger partial charge in [0.15, 0.2) is 0 Å². The first-order valence-corrected chi connectivity index (χ1v) is 6.63. The van der Waals surface area contributed by atoms with E-state index in [1.54, 1.807) is 0 Å². The van der Waals surface area contributed by atoms with Crippen LogP contribution in [0.3, 0.4) is 0 Å². The standard InChI is InChI=1S/C15H20N2O2/c1-11(17-15(18)8-5-9-16-2)14-10-12-6-3-4-7-13(12)19-14/h3-4,6-7,10-11,16H,5,8-9H2,1-2H3,(H,17,18). The van der Waals surface area contributed by atoms with Crippen molar-refractivity contribution in [2.24, 2.45) is 0 Å². The van der Waals surface area contributed by atoms with Gasteiger partial charge in [-0.3, -0.25) is 4.79 Å². The van der Waals surface area contributed by atoms with Gasteiger partial charge in [-0.25, -0.2) is 0 Å². The van der Waals surface area contributed by atoms with Crippen LogP contribution in [-0.4, -0.2) is 19.5 Å². The molecule has 2 aromatic rings. The van der Waals surface area contributed by atoms with Gasteiger partial charge in [-0.05, 0) is 39.1 Å². The Kier molecular flexibility index (Phi) is 4.58. The van der Waals surface area contributed by atoms with E-state index in [0.717, 1.165) is 29.7 Å². The summed E-state index contributed by atoms with van der Waals surface area (Å²) in [5, 5.41) is 7.05. The first-order chi connectivity index (χ1) is 9.20. The molecular weight excluding hydrogens is 240 g/mol. The summed E-state index contributed by atoms with van der Waals surface area (Å²) in [6.07, 6.45) is 1.38. The summed E-state index contributed by atoms with van der Waals surface area (Å²) >= 11 is 0. The molecule has 19 heavy (non-hydrogen) atoms. The lowest BCUT2D eigenvalue weighted by molar-refractivity contribution is -0.121. The number of amides is 1. The molecule has 0 bridgehead atoms. The maximum Gasteiger partial charge on any atom is 0.220 e. The molecule has 4 heteroatoms. The van der Waals surface area contributed by atoms with Gasteiger partial charge in [0.25, 0.3) is 0 Å². The fraction of sp³-hybridized carbons (Fsp3) is 0.400. The highest BCUT2D eigenvalue weighted by atomic mass is 16.3. The van der Waals surface area contributed by atoms with E-state index in [1.165, 1.54) is 0 Å². The minimum absolute atomic E-state index is 0.0585. The molecule has 0 aliphatic rings. The van der Waals surface area contributed by atoms with Crippen molar-refractivity contribution in [2.75, 3.05) is 13.6 Å². The van der Waals surface area contributed by atoms with E-state index < -0.39 is 0 Å². The van der Waals surface area contributed by atoms with E-state index in [0.29, 0.717) is 6.42 Å². The zero-order valence-electron chi connectivity index (χ0n) is 11.4. The second-order valence-electron chi connectivity index (χ2n) is 4.68. The van der Waals surface area contributed by atoms with Crippen LogP contribution in [0.15, 0.2) is 34.7 Å². The van der Waals surface area contributed by atoms with E-state index in [1.807, 2.05) is 44.3 Å². The van der Waals surface area contributed by atoms with Crippen molar-refractivity contribution in [1.82, 2.24) is 10.6 Å². The van der Waals surface area contributed by atoms with E-state index in [-0.39, 0.29) is 11.9 Å². The molecule has 0 spiro atoms. The molecule has 0 aliphatic heterocycles. The predicted molar refractivity (Wildman–Crippen MR) is 75.9 cm³/mol. The van der Waals surface area contributed by atoms with E-state index in [9.17, 15) is 4.79 Å². The van der Waals surface area contributed by atoms with Crippen molar-refractivity contribution in [3.8, 4) is 0 Å². The van der Waals surface area contributed by atoms with Crippen molar-refractivity contribution in [3.63, 3.8) is 0 Å². The smallest absolute Gasteiger partial charge is 0.220 e. The predicted octanol–water partition coefficient (Wildman–Crippen LogP) is 2.61. The van der Waals surface area contributed by atoms with Crippen molar-refractivity contribution >= 4 is 16.9 Å². The quantitative estimate of drug-likeness (QED) is 0.785. The Labute approximate surface area is 113 Å². The van der Waals surface area contributed by atoms with Crippen LogP contribution in [-0.2, 0) is 4.79 Å². The highest BCUT2D eigenvalue weighted by Gasteiger charge is 2.13. The zero-order valence-corrected chi connectivity index (χ0v) is 11.4. The topological polar surface area (TPSA) is 54.3 Å². The first-order valence-electron chi connectivity index (χ1n) is 6.63. The first kappa shape index (κ1) is 13.6. The number of carbonyl (C=O) groups is 1. The van der Waals surface area contributed by atoms with Gasteiger partial charge >= 0.3 is 0 Å². The van der Waals surface area contributed by atoms with Crippen molar-refractivity contribution in [3.05, 3.63) is 36.1 Å². The molecule has 0 saturated heterocycles. The van der Waals surface area contributed by atoms with Crippen LogP contribution >= 0.6 is 0 Å². The Balaban J connectivity index is 1.95. The van der Waals surface area contributed by atoms with Gasteiger partial charge in [-0.2, -0.15) is 0 Å². The lowest BCUT2D eigenvalue weighted by Crippen LogP contribution is -2.26. The third kappa shape index (κ3) is 3.58. The number of benzene rings is 1. The number of hydrogen-bond acceptors (Lipinski definition) is 3. The zero-order chi connectivity index (χ0) is 13.7. The Morgan fingerprint density at radius 3 is 2.89 bits per heavy atom. The van der Waals surface area contributed by atoms with Gasteiger partial charge in [0.1, 0.15) is 11.3 Å². The molecule has 0 saturated carbocycles. The van der Waals surface area contributed by atoms with Crippen molar-refractivity contribution in [2.45, 2.75) is 25.8 Å². The summed E-state index contributed by atoms with van der Waals surface area (Å²) in [5.74, 6) is 0.853. The summed E-state index contributed by atoms with van der Waals surface area (Å²) in [4.78, 5) is 11.7. The largest absolute Gasteiger partial charge is 0.459 e. The van der Waals surface area contributed by atoms with Crippen LogP contribution in [0, 0.1) is 0 Å². The van der Waals surface area contributed by atoms with Crippen LogP contribution < -0.4 is 10.6 Å². The van der Waals surface area contributed by atoms with E-state index >= 15 is 0 Å². The molecular formula is C15H20N2O2. The normalized spacial score (nSPS) is 12.5. The molecule has 1 unspecified atom stereocenters. The summed E-state index contributed by atoms with van der Waals surface area (Å²) in [6, 6.07) is 9.73. The van der Waals surface area contributed by atoms with Crippen molar-refractivity contribution in [1.29, 1.82) is 0 Å².